The van der Waals surface area contributed by atoms with E-state index < -0.39 is 0 Å². The van der Waals surface area contributed by atoms with Gasteiger partial charge < -0.3 is 9.47 Å². The van der Waals surface area contributed by atoms with Gasteiger partial charge in [-0.2, -0.15) is 0 Å². The fraction of sp³-hybridized carbons (Fsp3) is 0.455. The van der Waals surface area contributed by atoms with Gasteiger partial charge in [0, 0.05) is 10.9 Å². The molecule has 0 radical (unpaired) electrons. The van der Waals surface area contributed by atoms with Crippen LogP contribution in [0.1, 0.15) is 5.56 Å². The summed E-state index contributed by atoms with van der Waals surface area (Å²) in [4.78, 5) is 0. The molecule has 1 aromatic carbocycles. The molecule has 0 spiro atoms. The van der Waals surface area contributed by atoms with Crippen LogP contribution >= 0.6 is 23.2 Å². The summed E-state index contributed by atoms with van der Waals surface area (Å²) in [5.41, 5.74) is 0.941. The predicted octanol–water partition coefficient (Wildman–Crippen LogP) is 2.86. The third-order valence-electron chi connectivity index (χ3n) is 2.76. The van der Waals surface area contributed by atoms with Crippen molar-refractivity contribution in [2.75, 3.05) is 26.2 Å². The van der Waals surface area contributed by atoms with Gasteiger partial charge in [0.1, 0.15) is 5.75 Å². The van der Waals surface area contributed by atoms with Crippen molar-refractivity contribution >= 4 is 23.2 Å². The minimum absolute atomic E-state index is 0.106. The first-order chi connectivity index (χ1) is 7.22. The van der Waals surface area contributed by atoms with Crippen molar-refractivity contribution in [1.82, 2.24) is 0 Å². The number of ether oxygens (including phenoxy) is 2. The van der Waals surface area contributed by atoms with E-state index in [-0.39, 0.29) is 5.41 Å². The average Bonchev–Trinajstić information content (AvgIpc) is 2.19. The van der Waals surface area contributed by atoms with E-state index in [1.807, 2.05) is 18.2 Å². The lowest BCUT2D eigenvalue weighted by atomic mass is 9.80. The Morgan fingerprint density at radius 1 is 1.47 bits per heavy atom. The Bertz CT molecular complexity index is 356. The number of methoxy groups -OCH3 is 1. The van der Waals surface area contributed by atoms with E-state index in [1.54, 1.807) is 7.11 Å². The van der Waals surface area contributed by atoms with Crippen LogP contribution in [0.5, 0.6) is 5.75 Å². The van der Waals surface area contributed by atoms with Gasteiger partial charge in [-0.3, -0.25) is 0 Å². The molecule has 15 heavy (non-hydrogen) atoms. The fourth-order valence-corrected chi connectivity index (χ4v) is 2.38. The Kier molecular flexibility index (Phi) is 3.10. The summed E-state index contributed by atoms with van der Waals surface area (Å²) in [5, 5.41) is 0.693. The van der Waals surface area contributed by atoms with E-state index >= 15 is 0 Å². The van der Waals surface area contributed by atoms with Crippen LogP contribution in [0.3, 0.4) is 0 Å². The summed E-state index contributed by atoms with van der Waals surface area (Å²) in [7, 11) is 1.62. The molecule has 2 nitrogen and oxygen atoms in total. The molecule has 0 aliphatic carbocycles. The van der Waals surface area contributed by atoms with Crippen LogP contribution in [-0.2, 0) is 10.2 Å². The maximum atomic E-state index is 6.19. The van der Waals surface area contributed by atoms with Gasteiger partial charge in [0.2, 0.25) is 0 Å². The molecule has 82 valence electrons. The van der Waals surface area contributed by atoms with Crippen LogP contribution in [0.2, 0.25) is 5.02 Å². The van der Waals surface area contributed by atoms with Gasteiger partial charge in [0.25, 0.3) is 0 Å². The summed E-state index contributed by atoms with van der Waals surface area (Å²) < 4.78 is 10.3. The Labute approximate surface area is 99.1 Å². The lowest BCUT2D eigenvalue weighted by Crippen LogP contribution is -2.48. The van der Waals surface area contributed by atoms with Gasteiger partial charge in [-0.1, -0.05) is 17.7 Å². The average molecular weight is 247 g/mol. The number of alkyl halides is 1. The third kappa shape index (κ3) is 1.82. The van der Waals surface area contributed by atoms with E-state index in [1.165, 1.54) is 0 Å². The summed E-state index contributed by atoms with van der Waals surface area (Å²) in [6.45, 7) is 1.28. The van der Waals surface area contributed by atoms with E-state index in [0.29, 0.717) is 24.1 Å². The molecule has 0 saturated carbocycles. The Morgan fingerprint density at radius 2 is 2.20 bits per heavy atom. The van der Waals surface area contributed by atoms with Gasteiger partial charge in [-0.15, -0.1) is 11.6 Å². The predicted molar refractivity (Wildman–Crippen MR) is 61.2 cm³/mol. The SMILES string of the molecule is COc1ccc(C2(CCl)COC2)c(Cl)c1. The summed E-state index contributed by atoms with van der Waals surface area (Å²) in [5.74, 6) is 1.28. The van der Waals surface area contributed by atoms with Gasteiger partial charge in [-0.25, -0.2) is 0 Å². The smallest absolute Gasteiger partial charge is 0.120 e. The maximum Gasteiger partial charge on any atom is 0.120 e. The molecular formula is C11H12Cl2O2. The molecule has 1 saturated heterocycles. The van der Waals surface area contributed by atoms with Gasteiger partial charge in [-0.05, 0) is 17.7 Å². The summed E-state index contributed by atoms with van der Waals surface area (Å²) in [6, 6.07) is 5.67. The molecule has 0 atom stereocenters. The van der Waals surface area contributed by atoms with Crippen LogP contribution in [0.25, 0.3) is 0 Å². The van der Waals surface area contributed by atoms with Crippen LogP contribution in [0.4, 0.5) is 0 Å². The standard InChI is InChI=1S/C11H12Cl2O2/c1-14-8-2-3-9(10(13)4-8)11(5-12)6-15-7-11/h2-4H,5-7H2,1H3. The lowest BCUT2D eigenvalue weighted by Gasteiger charge is -2.40. The molecule has 0 N–H and O–H groups in total. The second-order valence-corrected chi connectivity index (χ2v) is 4.43. The number of benzene rings is 1. The van der Waals surface area contributed by atoms with E-state index in [2.05, 4.69) is 0 Å². The van der Waals surface area contributed by atoms with E-state index in [0.717, 1.165) is 11.3 Å². The van der Waals surface area contributed by atoms with Crippen LogP contribution in [0.15, 0.2) is 18.2 Å². The Morgan fingerprint density at radius 3 is 2.60 bits per heavy atom. The molecule has 0 unspecified atom stereocenters. The van der Waals surface area contributed by atoms with Crippen molar-refractivity contribution in [3.8, 4) is 5.75 Å². The minimum atomic E-state index is -0.106. The molecule has 1 fully saturated rings. The molecule has 4 heteroatoms. The zero-order chi connectivity index (χ0) is 10.9. The minimum Gasteiger partial charge on any atom is -0.497 e. The second kappa shape index (κ2) is 4.20. The highest BCUT2D eigenvalue weighted by Gasteiger charge is 2.41. The third-order valence-corrected chi connectivity index (χ3v) is 3.58. The Hall–Kier alpha value is -0.440. The molecule has 0 bridgehead atoms. The Balaban J connectivity index is 2.36. The van der Waals surface area contributed by atoms with Crippen molar-refractivity contribution in [3.63, 3.8) is 0 Å². The molecule has 0 aromatic heterocycles. The number of hydrogen-bond donors (Lipinski definition) is 0. The van der Waals surface area contributed by atoms with Crippen molar-refractivity contribution < 1.29 is 9.47 Å². The van der Waals surface area contributed by atoms with Gasteiger partial charge >= 0.3 is 0 Å². The van der Waals surface area contributed by atoms with Crippen molar-refractivity contribution in [2.24, 2.45) is 0 Å². The van der Waals surface area contributed by atoms with Crippen LogP contribution in [0, 0.1) is 0 Å². The molecule has 2 rings (SSSR count). The fourth-order valence-electron chi connectivity index (χ4n) is 1.71. The maximum absolute atomic E-state index is 6.19. The number of hydrogen-bond acceptors (Lipinski definition) is 2. The quantitative estimate of drug-likeness (QED) is 0.764. The zero-order valence-corrected chi connectivity index (χ0v) is 9.94. The monoisotopic (exact) mass is 246 g/mol. The molecule has 1 aromatic rings. The first-order valence-corrected chi connectivity index (χ1v) is 5.61. The lowest BCUT2D eigenvalue weighted by molar-refractivity contribution is -0.0479. The highest BCUT2D eigenvalue weighted by molar-refractivity contribution is 6.31. The highest BCUT2D eigenvalue weighted by Crippen LogP contribution is 2.38. The van der Waals surface area contributed by atoms with Gasteiger partial charge in [0.05, 0.1) is 25.7 Å². The topological polar surface area (TPSA) is 18.5 Å². The normalized spacial score (nSPS) is 18.3. The number of rotatable bonds is 3. The van der Waals surface area contributed by atoms with Crippen LogP contribution < -0.4 is 4.74 Å². The number of halogens is 2. The van der Waals surface area contributed by atoms with Crippen molar-refractivity contribution in [2.45, 2.75) is 5.41 Å². The molecule has 0 amide bonds. The molecule has 1 heterocycles. The first-order valence-electron chi connectivity index (χ1n) is 4.69. The van der Waals surface area contributed by atoms with Gasteiger partial charge in [0.15, 0.2) is 0 Å². The first kappa shape index (κ1) is 11.1. The van der Waals surface area contributed by atoms with E-state index in [4.69, 9.17) is 32.7 Å². The second-order valence-electron chi connectivity index (χ2n) is 3.75. The summed E-state index contributed by atoms with van der Waals surface area (Å²) in [6.07, 6.45) is 0. The van der Waals surface area contributed by atoms with Crippen molar-refractivity contribution in [3.05, 3.63) is 28.8 Å². The molecular weight excluding hydrogens is 235 g/mol. The molecule has 1 aliphatic heterocycles. The largest absolute Gasteiger partial charge is 0.497 e. The molecule has 1 aliphatic rings. The zero-order valence-electron chi connectivity index (χ0n) is 8.43. The van der Waals surface area contributed by atoms with Crippen LogP contribution in [-0.4, -0.2) is 26.2 Å². The van der Waals surface area contributed by atoms with E-state index in [9.17, 15) is 0 Å². The highest BCUT2D eigenvalue weighted by atomic mass is 35.5. The summed E-state index contributed by atoms with van der Waals surface area (Å²) >= 11 is 12.2. The van der Waals surface area contributed by atoms with Crippen molar-refractivity contribution in [1.29, 1.82) is 0 Å².